The van der Waals surface area contributed by atoms with Gasteiger partial charge in [0.25, 0.3) is 11.6 Å². The van der Waals surface area contributed by atoms with E-state index in [2.05, 4.69) is 22.3 Å². The first-order chi connectivity index (χ1) is 13.5. The molecule has 3 rings (SSSR count). The molecule has 0 radical (unpaired) electrons. The Hall–Kier alpha value is -2.64. The zero-order chi connectivity index (χ0) is 19.9. The van der Waals surface area contributed by atoms with Crippen LogP contribution in [0.15, 0.2) is 48.5 Å². The van der Waals surface area contributed by atoms with Crippen LogP contribution in [-0.2, 0) is 11.3 Å². The Balaban J connectivity index is 1.40. The van der Waals surface area contributed by atoms with Crippen LogP contribution in [0, 0.1) is 10.1 Å². The molecule has 8 heteroatoms. The van der Waals surface area contributed by atoms with Crippen LogP contribution in [0.3, 0.4) is 0 Å². The highest BCUT2D eigenvalue weighted by atomic mass is 35.5. The average Bonchev–Trinajstić information content (AvgIpc) is 2.69. The standard InChI is InChI=1S/C20H22ClN3O4/c21-18-12-17(24(26)27)6-7-19(18)28-14-20(25)22-16-8-10-23(11-9-16)13-15-4-2-1-3-5-15/h1-7,12,16H,8-11,13-14H2,(H,22,25). The Morgan fingerprint density at radius 1 is 1.21 bits per heavy atom. The van der Waals surface area contributed by atoms with Crippen LogP contribution in [0.4, 0.5) is 5.69 Å². The van der Waals surface area contributed by atoms with Gasteiger partial charge < -0.3 is 10.1 Å². The lowest BCUT2D eigenvalue weighted by Crippen LogP contribution is -2.45. The Morgan fingerprint density at radius 3 is 2.57 bits per heavy atom. The first-order valence-corrected chi connectivity index (χ1v) is 9.51. The molecule has 0 aliphatic carbocycles. The number of amides is 1. The van der Waals surface area contributed by atoms with Crippen LogP contribution < -0.4 is 10.1 Å². The third kappa shape index (κ3) is 5.68. The summed E-state index contributed by atoms with van der Waals surface area (Å²) in [6.07, 6.45) is 1.77. The molecule has 148 valence electrons. The van der Waals surface area contributed by atoms with Crippen LogP contribution in [0.25, 0.3) is 0 Å². The number of hydrogen-bond donors (Lipinski definition) is 1. The van der Waals surface area contributed by atoms with Gasteiger partial charge in [0.05, 0.1) is 9.95 Å². The number of carbonyl (C=O) groups is 1. The molecule has 2 aromatic carbocycles. The molecule has 0 unspecified atom stereocenters. The molecule has 1 aliphatic heterocycles. The number of carbonyl (C=O) groups excluding carboxylic acids is 1. The fraction of sp³-hybridized carbons (Fsp3) is 0.350. The molecule has 28 heavy (non-hydrogen) atoms. The molecule has 7 nitrogen and oxygen atoms in total. The van der Waals surface area contributed by atoms with Gasteiger partial charge in [0, 0.05) is 37.8 Å². The Kier molecular flexibility index (Phi) is 6.84. The Bertz CT molecular complexity index is 823. The largest absolute Gasteiger partial charge is 0.482 e. The molecule has 1 amide bonds. The van der Waals surface area contributed by atoms with E-state index < -0.39 is 4.92 Å². The summed E-state index contributed by atoms with van der Waals surface area (Å²) in [5.41, 5.74) is 1.17. The van der Waals surface area contributed by atoms with E-state index in [1.54, 1.807) is 0 Å². The van der Waals surface area contributed by atoms with Gasteiger partial charge in [-0.3, -0.25) is 19.8 Å². The highest BCUT2D eigenvalue weighted by Gasteiger charge is 2.21. The van der Waals surface area contributed by atoms with Crippen molar-refractivity contribution in [1.29, 1.82) is 0 Å². The number of rotatable bonds is 7. The van der Waals surface area contributed by atoms with Crippen LogP contribution >= 0.6 is 11.6 Å². The topological polar surface area (TPSA) is 84.7 Å². The third-order valence-corrected chi connectivity index (χ3v) is 4.98. The smallest absolute Gasteiger partial charge is 0.271 e. The third-order valence-electron chi connectivity index (χ3n) is 4.69. The summed E-state index contributed by atoms with van der Waals surface area (Å²) >= 11 is 5.96. The van der Waals surface area contributed by atoms with Gasteiger partial charge in [0.2, 0.25) is 0 Å². The van der Waals surface area contributed by atoms with Crippen molar-refractivity contribution in [3.05, 3.63) is 69.2 Å². The lowest BCUT2D eigenvalue weighted by molar-refractivity contribution is -0.384. The molecule has 0 atom stereocenters. The van der Waals surface area contributed by atoms with E-state index in [0.717, 1.165) is 32.5 Å². The SMILES string of the molecule is O=C(COc1ccc([N+](=O)[O-])cc1Cl)NC1CCN(Cc2ccccc2)CC1. The predicted molar refractivity (Wildman–Crippen MR) is 106 cm³/mol. The monoisotopic (exact) mass is 403 g/mol. The van der Waals surface area contributed by atoms with Gasteiger partial charge in [-0.1, -0.05) is 41.9 Å². The maximum atomic E-state index is 12.1. The van der Waals surface area contributed by atoms with Crippen molar-refractivity contribution in [3.8, 4) is 5.75 Å². The maximum Gasteiger partial charge on any atom is 0.271 e. The van der Waals surface area contributed by atoms with Crippen molar-refractivity contribution >= 4 is 23.2 Å². The van der Waals surface area contributed by atoms with Crippen molar-refractivity contribution in [2.75, 3.05) is 19.7 Å². The summed E-state index contributed by atoms with van der Waals surface area (Å²) in [7, 11) is 0. The molecule has 0 saturated carbocycles. The quantitative estimate of drug-likeness (QED) is 0.565. The van der Waals surface area contributed by atoms with Gasteiger partial charge >= 0.3 is 0 Å². The van der Waals surface area contributed by atoms with Crippen molar-refractivity contribution < 1.29 is 14.5 Å². The number of nitrogens with zero attached hydrogens (tertiary/aromatic N) is 2. The summed E-state index contributed by atoms with van der Waals surface area (Å²) in [6, 6.07) is 14.4. The molecule has 0 bridgehead atoms. The van der Waals surface area contributed by atoms with Crippen molar-refractivity contribution in [3.63, 3.8) is 0 Å². The van der Waals surface area contributed by atoms with Gasteiger partial charge in [0.1, 0.15) is 5.75 Å². The van der Waals surface area contributed by atoms with Gasteiger partial charge in [-0.2, -0.15) is 0 Å². The summed E-state index contributed by atoms with van der Waals surface area (Å²) < 4.78 is 5.40. The van der Waals surface area contributed by atoms with Gasteiger partial charge in [-0.15, -0.1) is 0 Å². The summed E-state index contributed by atoms with van der Waals surface area (Å²) in [4.78, 5) is 24.7. The number of nitro benzene ring substituents is 1. The lowest BCUT2D eigenvalue weighted by Gasteiger charge is -2.32. The number of nitro groups is 1. The fourth-order valence-electron chi connectivity index (χ4n) is 3.21. The number of halogens is 1. The number of likely N-dealkylation sites (tertiary alicyclic amines) is 1. The molecule has 0 spiro atoms. The predicted octanol–water partition coefficient (Wildman–Crippen LogP) is 3.41. The molecule has 1 saturated heterocycles. The lowest BCUT2D eigenvalue weighted by atomic mass is 10.0. The van der Waals surface area contributed by atoms with E-state index in [4.69, 9.17) is 16.3 Å². The highest BCUT2D eigenvalue weighted by molar-refractivity contribution is 6.32. The van der Waals surface area contributed by atoms with Crippen molar-refractivity contribution in [2.24, 2.45) is 0 Å². The second-order valence-electron chi connectivity index (χ2n) is 6.76. The second-order valence-corrected chi connectivity index (χ2v) is 7.17. The Labute approximate surface area is 168 Å². The minimum atomic E-state index is -0.535. The summed E-state index contributed by atoms with van der Waals surface area (Å²) in [6.45, 7) is 2.59. The van der Waals surface area contributed by atoms with Gasteiger partial charge in [0.15, 0.2) is 6.61 Å². The molecular weight excluding hydrogens is 382 g/mol. The number of nitrogens with one attached hydrogen (secondary N) is 1. The Morgan fingerprint density at radius 2 is 1.93 bits per heavy atom. The number of benzene rings is 2. The number of hydrogen-bond acceptors (Lipinski definition) is 5. The first-order valence-electron chi connectivity index (χ1n) is 9.13. The summed E-state index contributed by atoms with van der Waals surface area (Å²) in [5, 5.41) is 13.8. The molecule has 2 aromatic rings. The molecule has 1 fully saturated rings. The normalized spacial score (nSPS) is 15.2. The first kappa shape index (κ1) is 20.1. The van der Waals surface area contributed by atoms with Crippen LogP contribution in [0.1, 0.15) is 18.4 Å². The van der Waals surface area contributed by atoms with E-state index in [1.165, 1.54) is 23.8 Å². The van der Waals surface area contributed by atoms with E-state index in [1.807, 2.05) is 18.2 Å². The van der Waals surface area contributed by atoms with Crippen molar-refractivity contribution in [2.45, 2.75) is 25.4 Å². The van der Waals surface area contributed by atoms with E-state index in [9.17, 15) is 14.9 Å². The van der Waals surface area contributed by atoms with Crippen LogP contribution in [0.5, 0.6) is 5.75 Å². The minimum absolute atomic E-state index is 0.108. The van der Waals surface area contributed by atoms with Gasteiger partial charge in [-0.25, -0.2) is 0 Å². The zero-order valence-corrected chi connectivity index (χ0v) is 16.1. The molecule has 1 N–H and O–H groups in total. The van der Waals surface area contributed by atoms with E-state index >= 15 is 0 Å². The summed E-state index contributed by atoms with van der Waals surface area (Å²) in [5.74, 6) is 0.0241. The number of non-ortho nitro benzene ring substituents is 1. The molecular formula is C20H22ClN3O4. The number of piperidine rings is 1. The fourth-order valence-corrected chi connectivity index (χ4v) is 3.44. The van der Waals surface area contributed by atoms with Crippen LogP contribution in [0.2, 0.25) is 5.02 Å². The van der Waals surface area contributed by atoms with Gasteiger partial charge in [-0.05, 0) is 24.5 Å². The van der Waals surface area contributed by atoms with E-state index in [-0.39, 0.29) is 35.0 Å². The minimum Gasteiger partial charge on any atom is -0.482 e. The highest BCUT2D eigenvalue weighted by Crippen LogP contribution is 2.28. The zero-order valence-electron chi connectivity index (χ0n) is 15.3. The second kappa shape index (κ2) is 9.52. The van der Waals surface area contributed by atoms with Crippen LogP contribution in [-0.4, -0.2) is 41.5 Å². The average molecular weight is 404 g/mol. The molecule has 0 aromatic heterocycles. The van der Waals surface area contributed by atoms with Crippen molar-refractivity contribution in [1.82, 2.24) is 10.2 Å². The van der Waals surface area contributed by atoms with E-state index in [0.29, 0.717) is 0 Å². The molecule has 1 aliphatic rings. The molecule has 1 heterocycles. The number of ether oxygens (including phenoxy) is 1. The maximum absolute atomic E-state index is 12.1.